The summed E-state index contributed by atoms with van der Waals surface area (Å²) in [5.41, 5.74) is 7.59. The second-order valence-electron chi connectivity index (χ2n) is 5.62. The Kier molecular flexibility index (Phi) is 4.32. The number of aryl methyl sites for hydroxylation is 2. The molecule has 2 aromatic heterocycles. The summed E-state index contributed by atoms with van der Waals surface area (Å²) in [4.78, 5) is 40.0. The van der Waals surface area contributed by atoms with Crippen molar-refractivity contribution < 1.29 is 9.59 Å². The normalized spacial score (nSPS) is 10.8. The van der Waals surface area contributed by atoms with Gasteiger partial charge in [-0.15, -0.1) is 0 Å². The molecule has 3 N–H and O–H groups in total. The van der Waals surface area contributed by atoms with E-state index in [0.29, 0.717) is 5.69 Å². The molecule has 8 nitrogen and oxygen atoms in total. The number of nitrogens with one attached hydrogen (secondary N) is 1. The van der Waals surface area contributed by atoms with Crippen LogP contribution in [0.25, 0.3) is 10.2 Å². The number of anilines is 1. The maximum Gasteiger partial charge on any atom is 0.273 e. The van der Waals surface area contributed by atoms with Gasteiger partial charge in [-0.2, -0.15) is 4.37 Å². The van der Waals surface area contributed by atoms with Crippen LogP contribution in [0.5, 0.6) is 0 Å². The first-order valence-electron chi connectivity index (χ1n) is 7.38. The Bertz CT molecular complexity index is 1050. The van der Waals surface area contributed by atoms with Gasteiger partial charge in [0.2, 0.25) is 5.91 Å². The molecular formula is C16H15N5O3S. The first-order valence-corrected chi connectivity index (χ1v) is 8.16. The summed E-state index contributed by atoms with van der Waals surface area (Å²) in [6, 6.07) is 5.66. The minimum atomic E-state index is -0.747. The molecular weight excluding hydrogens is 342 g/mol. The predicted molar refractivity (Wildman–Crippen MR) is 94.7 cm³/mol. The van der Waals surface area contributed by atoms with Crippen molar-refractivity contribution in [2.24, 2.45) is 5.73 Å². The molecule has 0 radical (unpaired) electrons. The van der Waals surface area contributed by atoms with Crippen LogP contribution in [-0.2, 0) is 11.3 Å². The van der Waals surface area contributed by atoms with Crippen molar-refractivity contribution in [3.63, 3.8) is 0 Å². The van der Waals surface area contributed by atoms with E-state index in [9.17, 15) is 14.4 Å². The van der Waals surface area contributed by atoms with Crippen LogP contribution in [0.15, 0.2) is 29.3 Å². The number of carbonyl (C=O) groups is 2. The molecule has 0 saturated carbocycles. The first-order chi connectivity index (χ1) is 11.9. The van der Waals surface area contributed by atoms with Gasteiger partial charge in [-0.05, 0) is 37.0 Å². The molecule has 1 aromatic carbocycles. The van der Waals surface area contributed by atoms with Gasteiger partial charge in [0.1, 0.15) is 16.8 Å². The topological polar surface area (TPSA) is 120 Å². The summed E-state index contributed by atoms with van der Waals surface area (Å²) in [7, 11) is 0. The number of fused-ring (bicyclic) bond motifs is 1. The van der Waals surface area contributed by atoms with Crippen molar-refractivity contribution in [2.75, 3.05) is 5.32 Å². The standard InChI is InChI=1S/C16H15N5O3S/c1-8-3-4-10(9(2)5-8)19-11(22)6-21-7-18-12-13(15(17)23)20-25-14(12)16(21)24/h3-5,7H,6H2,1-2H3,(H2,17,23)(H,19,22). The molecule has 0 saturated heterocycles. The third-order valence-electron chi connectivity index (χ3n) is 3.65. The van der Waals surface area contributed by atoms with Crippen molar-refractivity contribution in [1.29, 1.82) is 0 Å². The van der Waals surface area contributed by atoms with Crippen molar-refractivity contribution >= 4 is 39.3 Å². The highest BCUT2D eigenvalue weighted by Crippen LogP contribution is 2.17. The van der Waals surface area contributed by atoms with Crippen molar-refractivity contribution in [1.82, 2.24) is 13.9 Å². The molecule has 0 unspecified atom stereocenters. The van der Waals surface area contributed by atoms with Crippen LogP contribution < -0.4 is 16.6 Å². The lowest BCUT2D eigenvalue weighted by Gasteiger charge is -2.10. The van der Waals surface area contributed by atoms with Gasteiger partial charge in [-0.25, -0.2) is 4.98 Å². The number of nitrogens with zero attached hydrogens (tertiary/aromatic N) is 3. The third-order valence-corrected chi connectivity index (χ3v) is 4.48. The average molecular weight is 357 g/mol. The van der Waals surface area contributed by atoms with E-state index in [1.54, 1.807) is 0 Å². The van der Waals surface area contributed by atoms with E-state index >= 15 is 0 Å². The zero-order valence-electron chi connectivity index (χ0n) is 13.6. The number of amides is 2. The van der Waals surface area contributed by atoms with Gasteiger partial charge in [-0.3, -0.25) is 19.0 Å². The molecule has 3 rings (SSSR count). The number of benzene rings is 1. The Morgan fingerprint density at radius 3 is 2.76 bits per heavy atom. The first kappa shape index (κ1) is 16.8. The SMILES string of the molecule is Cc1ccc(NC(=O)Cn2cnc3c(C(N)=O)nsc3c2=O)c(C)c1. The molecule has 25 heavy (non-hydrogen) atoms. The zero-order valence-corrected chi connectivity index (χ0v) is 14.4. The van der Waals surface area contributed by atoms with Crippen LogP contribution in [0.1, 0.15) is 21.6 Å². The maximum absolute atomic E-state index is 12.4. The Balaban J connectivity index is 1.85. The predicted octanol–water partition coefficient (Wildman–Crippen LogP) is 1.21. The average Bonchev–Trinajstić information content (AvgIpc) is 2.98. The summed E-state index contributed by atoms with van der Waals surface area (Å²) < 4.78 is 5.22. The summed E-state index contributed by atoms with van der Waals surface area (Å²) in [5.74, 6) is -1.10. The highest BCUT2D eigenvalue weighted by Gasteiger charge is 2.17. The van der Waals surface area contributed by atoms with Crippen molar-refractivity contribution in [2.45, 2.75) is 20.4 Å². The lowest BCUT2D eigenvalue weighted by molar-refractivity contribution is -0.116. The van der Waals surface area contributed by atoms with Gasteiger partial charge < -0.3 is 11.1 Å². The van der Waals surface area contributed by atoms with E-state index in [-0.39, 0.29) is 28.4 Å². The minimum absolute atomic E-state index is 0.0380. The van der Waals surface area contributed by atoms with Gasteiger partial charge in [-0.1, -0.05) is 17.7 Å². The van der Waals surface area contributed by atoms with Crippen LogP contribution in [0.2, 0.25) is 0 Å². The highest BCUT2D eigenvalue weighted by molar-refractivity contribution is 7.13. The van der Waals surface area contributed by atoms with Gasteiger partial charge >= 0.3 is 0 Å². The van der Waals surface area contributed by atoms with Gasteiger partial charge in [0.25, 0.3) is 11.5 Å². The second-order valence-corrected chi connectivity index (χ2v) is 6.39. The second kappa shape index (κ2) is 6.44. The molecule has 2 amide bonds. The van der Waals surface area contributed by atoms with Crippen molar-refractivity contribution in [3.8, 4) is 0 Å². The number of hydrogen-bond donors (Lipinski definition) is 2. The Morgan fingerprint density at radius 1 is 1.32 bits per heavy atom. The van der Waals surface area contributed by atoms with Crippen molar-refractivity contribution in [3.05, 3.63) is 51.7 Å². The van der Waals surface area contributed by atoms with E-state index < -0.39 is 11.5 Å². The van der Waals surface area contributed by atoms with Gasteiger partial charge in [0.05, 0.1) is 6.33 Å². The molecule has 0 spiro atoms. The third kappa shape index (κ3) is 3.26. The summed E-state index contributed by atoms with van der Waals surface area (Å²) in [6.45, 7) is 3.67. The van der Waals surface area contributed by atoms with E-state index in [2.05, 4.69) is 14.7 Å². The number of rotatable bonds is 4. The van der Waals surface area contributed by atoms with Crippen LogP contribution in [0, 0.1) is 13.8 Å². The van der Waals surface area contributed by atoms with Gasteiger partial charge in [0.15, 0.2) is 5.69 Å². The summed E-state index contributed by atoms with van der Waals surface area (Å²) in [5, 5.41) is 2.77. The minimum Gasteiger partial charge on any atom is -0.364 e. The molecule has 3 aromatic rings. The number of primary amides is 1. The number of aromatic nitrogens is 3. The lowest BCUT2D eigenvalue weighted by Crippen LogP contribution is -2.27. The lowest BCUT2D eigenvalue weighted by atomic mass is 10.1. The number of hydrogen-bond acceptors (Lipinski definition) is 6. The maximum atomic E-state index is 12.4. The number of carbonyl (C=O) groups excluding carboxylic acids is 2. The molecule has 128 valence electrons. The van der Waals surface area contributed by atoms with E-state index in [4.69, 9.17) is 5.73 Å². The van der Waals surface area contributed by atoms with E-state index in [0.717, 1.165) is 22.7 Å². The van der Waals surface area contributed by atoms with E-state index in [1.807, 2.05) is 32.0 Å². The van der Waals surface area contributed by atoms with Crippen LogP contribution >= 0.6 is 11.5 Å². The molecule has 0 fully saturated rings. The Labute approximate surface area is 146 Å². The Hall–Kier alpha value is -3.07. The molecule has 0 atom stereocenters. The quantitative estimate of drug-likeness (QED) is 0.727. The monoisotopic (exact) mass is 357 g/mol. The molecule has 9 heteroatoms. The summed E-state index contributed by atoms with van der Waals surface area (Å²) >= 11 is 0.840. The summed E-state index contributed by atoms with van der Waals surface area (Å²) in [6.07, 6.45) is 1.22. The molecule has 0 aliphatic carbocycles. The van der Waals surface area contributed by atoms with E-state index in [1.165, 1.54) is 10.9 Å². The molecule has 0 bridgehead atoms. The molecule has 0 aliphatic rings. The fourth-order valence-electron chi connectivity index (χ4n) is 2.43. The Morgan fingerprint density at radius 2 is 2.08 bits per heavy atom. The van der Waals surface area contributed by atoms with Gasteiger partial charge in [0, 0.05) is 5.69 Å². The fraction of sp³-hybridized carbons (Fsp3) is 0.188. The fourth-order valence-corrected chi connectivity index (χ4v) is 3.22. The number of nitrogens with two attached hydrogens (primary N) is 1. The molecule has 0 aliphatic heterocycles. The van der Waals surface area contributed by atoms with Crippen LogP contribution in [-0.4, -0.2) is 25.7 Å². The van der Waals surface area contributed by atoms with Crippen LogP contribution in [0.3, 0.4) is 0 Å². The zero-order chi connectivity index (χ0) is 18.1. The largest absolute Gasteiger partial charge is 0.364 e. The highest BCUT2D eigenvalue weighted by atomic mass is 32.1. The smallest absolute Gasteiger partial charge is 0.273 e. The van der Waals surface area contributed by atoms with Crippen LogP contribution in [0.4, 0.5) is 5.69 Å². The molecule has 2 heterocycles.